The van der Waals surface area contributed by atoms with Gasteiger partial charge in [0.15, 0.2) is 0 Å². The van der Waals surface area contributed by atoms with E-state index in [9.17, 15) is 13.6 Å². The summed E-state index contributed by atoms with van der Waals surface area (Å²) in [5.41, 5.74) is 0. The molecule has 4 heteroatoms. The molecule has 0 aromatic carbocycles. The highest BCUT2D eigenvalue weighted by Gasteiger charge is 2.37. The summed E-state index contributed by atoms with van der Waals surface area (Å²) >= 11 is 0. The van der Waals surface area contributed by atoms with Gasteiger partial charge in [-0.25, -0.2) is 8.78 Å². The maximum atomic E-state index is 12.7. The third kappa shape index (κ3) is 2.94. The molecule has 13 heavy (non-hydrogen) atoms. The SMILES string of the molecule is CCNC(=O)C1CCC(F)(F)CC1. The van der Waals surface area contributed by atoms with Crippen molar-refractivity contribution in [3.63, 3.8) is 0 Å². The summed E-state index contributed by atoms with van der Waals surface area (Å²) in [5, 5.41) is 2.66. The highest BCUT2D eigenvalue weighted by Crippen LogP contribution is 2.35. The topological polar surface area (TPSA) is 29.1 Å². The minimum Gasteiger partial charge on any atom is -0.356 e. The number of alkyl halides is 2. The minimum absolute atomic E-state index is 0.0713. The van der Waals surface area contributed by atoms with Crippen molar-refractivity contribution in [2.24, 2.45) is 5.92 Å². The summed E-state index contributed by atoms with van der Waals surface area (Å²) in [5.74, 6) is -2.80. The number of carbonyl (C=O) groups is 1. The van der Waals surface area contributed by atoms with E-state index >= 15 is 0 Å². The molecule has 0 saturated heterocycles. The first-order valence-corrected chi connectivity index (χ1v) is 4.71. The van der Waals surface area contributed by atoms with Crippen LogP contribution in [0.25, 0.3) is 0 Å². The molecule has 1 rings (SSSR count). The van der Waals surface area contributed by atoms with Gasteiger partial charge in [-0.3, -0.25) is 4.79 Å². The van der Waals surface area contributed by atoms with Crippen molar-refractivity contribution in [3.8, 4) is 0 Å². The largest absolute Gasteiger partial charge is 0.356 e. The molecule has 1 saturated carbocycles. The number of nitrogens with one attached hydrogen (secondary N) is 1. The summed E-state index contributed by atoms with van der Waals surface area (Å²) in [6, 6.07) is 0. The quantitative estimate of drug-likeness (QED) is 0.710. The Morgan fingerprint density at radius 2 is 2.00 bits per heavy atom. The Labute approximate surface area is 76.7 Å². The summed E-state index contributed by atoms with van der Waals surface area (Å²) in [4.78, 5) is 11.3. The average Bonchev–Trinajstić information content (AvgIpc) is 2.04. The summed E-state index contributed by atoms with van der Waals surface area (Å²) < 4.78 is 25.4. The number of carbonyl (C=O) groups excluding carboxylic acids is 1. The van der Waals surface area contributed by atoms with Crippen LogP contribution in [0.3, 0.4) is 0 Å². The zero-order valence-electron chi connectivity index (χ0n) is 7.78. The van der Waals surface area contributed by atoms with E-state index in [1.807, 2.05) is 6.92 Å². The number of hydrogen-bond donors (Lipinski definition) is 1. The maximum Gasteiger partial charge on any atom is 0.248 e. The minimum atomic E-state index is -2.54. The van der Waals surface area contributed by atoms with Crippen molar-refractivity contribution < 1.29 is 13.6 Å². The Morgan fingerprint density at radius 3 is 2.46 bits per heavy atom. The van der Waals surface area contributed by atoms with Gasteiger partial charge < -0.3 is 5.32 Å². The van der Waals surface area contributed by atoms with E-state index in [0.29, 0.717) is 19.4 Å². The van der Waals surface area contributed by atoms with E-state index in [0.717, 1.165) is 0 Å². The number of rotatable bonds is 2. The Balaban J connectivity index is 2.36. The number of halogens is 2. The third-order valence-corrected chi connectivity index (χ3v) is 2.44. The van der Waals surface area contributed by atoms with Crippen LogP contribution in [-0.2, 0) is 4.79 Å². The first kappa shape index (κ1) is 10.4. The zero-order valence-corrected chi connectivity index (χ0v) is 7.78. The average molecular weight is 191 g/mol. The summed E-state index contributed by atoms with van der Waals surface area (Å²) in [7, 11) is 0. The second kappa shape index (κ2) is 4.03. The van der Waals surface area contributed by atoms with Gasteiger partial charge in [-0.15, -0.1) is 0 Å². The lowest BCUT2D eigenvalue weighted by Crippen LogP contribution is -2.35. The van der Waals surface area contributed by atoms with Crippen LogP contribution in [0.4, 0.5) is 8.78 Å². The van der Waals surface area contributed by atoms with Gasteiger partial charge in [0.25, 0.3) is 0 Å². The van der Waals surface area contributed by atoms with E-state index in [2.05, 4.69) is 5.32 Å². The molecule has 0 aliphatic heterocycles. The Bertz CT molecular complexity index is 184. The van der Waals surface area contributed by atoms with E-state index < -0.39 is 5.92 Å². The first-order chi connectivity index (χ1) is 6.05. The van der Waals surface area contributed by atoms with Crippen molar-refractivity contribution in [2.45, 2.75) is 38.5 Å². The molecule has 0 aromatic rings. The van der Waals surface area contributed by atoms with E-state index in [4.69, 9.17) is 0 Å². The maximum absolute atomic E-state index is 12.7. The molecule has 2 nitrogen and oxygen atoms in total. The molecule has 1 N–H and O–H groups in total. The summed E-state index contributed by atoms with van der Waals surface area (Å²) in [6.45, 7) is 2.40. The van der Waals surface area contributed by atoms with Crippen LogP contribution in [0.5, 0.6) is 0 Å². The molecule has 1 aliphatic rings. The lowest BCUT2D eigenvalue weighted by molar-refractivity contribution is -0.129. The van der Waals surface area contributed by atoms with Crippen LogP contribution in [0.2, 0.25) is 0 Å². The van der Waals surface area contributed by atoms with E-state index in [1.165, 1.54) is 0 Å². The van der Waals surface area contributed by atoms with Crippen molar-refractivity contribution in [1.82, 2.24) is 5.32 Å². The second-order valence-corrected chi connectivity index (χ2v) is 3.52. The van der Waals surface area contributed by atoms with Gasteiger partial charge in [0.2, 0.25) is 11.8 Å². The van der Waals surface area contributed by atoms with Crippen molar-refractivity contribution in [1.29, 1.82) is 0 Å². The number of hydrogen-bond acceptors (Lipinski definition) is 1. The molecule has 0 radical (unpaired) electrons. The molecule has 0 bridgehead atoms. The van der Waals surface area contributed by atoms with Gasteiger partial charge in [0.05, 0.1) is 0 Å². The molecule has 76 valence electrons. The zero-order chi connectivity index (χ0) is 9.90. The molecular formula is C9H15F2NO. The normalized spacial score (nSPS) is 22.7. The Kier molecular flexibility index (Phi) is 3.22. The van der Waals surface area contributed by atoms with Crippen molar-refractivity contribution in [2.75, 3.05) is 6.54 Å². The smallest absolute Gasteiger partial charge is 0.248 e. The monoisotopic (exact) mass is 191 g/mol. The fourth-order valence-electron chi connectivity index (χ4n) is 1.62. The van der Waals surface area contributed by atoms with Crippen LogP contribution in [0.15, 0.2) is 0 Å². The van der Waals surface area contributed by atoms with Crippen LogP contribution in [0, 0.1) is 5.92 Å². The predicted octanol–water partition coefficient (Wildman–Crippen LogP) is 1.95. The van der Waals surface area contributed by atoms with Crippen LogP contribution < -0.4 is 5.32 Å². The molecule has 0 spiro atoms. The fourth-order valence-corrected chi connectivity index (χ4v) is 1.62. The standard InChI is InChI=1S/C9H15F2NO/c1-2-12-8(13)7-3-5-9(10,11)6-4-7/h7H,2-6H2,1H3,(H,12,13). The van der Waals surface area contributed by atoms with E-state index in [-0.39, 0.29) is 24.7 Å². The lowest BCUT2D eigenvalue weighted by atomic mass is 9.86. The predicted molar refractivity (Wildman–Crippen MR) is 45.6 cm³/mol. The fraction of sp³-hybridized carbons (Fsp3) is 0.889. The molecule has 1 amide bonds. The third-order valence-electron chi connectivity index (χ3n) is 2.44. The molecule has 0 atom stereocenters. The van der Waals surface area contributed by atoms with Gasteiger partial charge in [-0.1, -0.05) is 0 Å². The van der Waals surface area contributed by atoms with Gasteiger partial charge in [0.1, 0.15) is 0 Å². The molecule has 1 aliphatic carbocycles. The molecule has 0 heterocycles. The van der Waals surface area contributed by atoms with Gasteiger partial charge in [-0.2, -0.15) is 0 Å². The van der Waals surface area contributed by atoms with E-state index in [1.54, 1.807) is 0 Å². The van der Waals surface area contributed by atoms with Crippen LogP contribution >= 0.6 is 0 Å². The first-order valence-electron chi connectivity index (χ1n) is 4.71. The van der Waals surface area contributed by atoms with Gasteiger partial charge in [-0.05, 0) is 19.8 Å². The van der Waals surface area contributed by atoms with Gasteiger partial charge in [0, 0.05) is 25.3 Å². The van der Waals surface area contributed by atoms with Gasteiger partial charge >= 0.3 is 0 Å². The lowest BCUT2D eigenvalue weighted by Gasteiger charge is -2.27. The Hall–Kier alpha value is -0.670. The van der Waals surface area contributed by atoms with Crippen LogP contribution in [-0.4, -0.2) is 18.4 Å². The summed E-state index contributed by atoms with van der Waals surface area (Å²) in [6.07, 6.45) is 0.348. The molecular weight excluding hydrogens is 176 g/mol. The van der Waals surface area contributed by atoms with Crippen molar-refractivity contribution in [3.05, 3.63) is 0 Å². The number of amides is 1. The molecule has 1 fully saturated rings. The second-order valence-electron chi connectivity index (χ2n) is 3.52. The highest BCUT2D eigenvalue weighted by molar-refractivity contribution is 5.78. The van der Waals surface area contributed by atoms with Crippen LogP contribution in [0.1, 0.15) is 32.6 Å². The molecule has 0 aromatic heterocycles. The highest BCUT2D eigenvalue weighted by atomic mass is 19.3. The Morgan fingerprint density at radius 1 is 1.46 bits per heavy atom. The molecule has 0 unspecified atom stereocenters. The van der Waals surface area contributed by atoms with Crippen molar-refractivity contribution >= 4 is 5.91 Å².